The van der Waals surface area contributed by atoms with Gasteiger partial charge in [0, 0.05) is 12.7 Å². The van der Waals surface area contributed by atoms with Gasteiger partial charge in [0.1, 0.15) is 5.69 Å². The number of nitrogens with zero attached hydrogens (tertiary/aromatic N) is 2. The van der Waals surface area contributed by atoms with Gasteiger partial charge in [-0.2, -0.15) is 0 Å². The maximum absolute atomic E-state index is 11.4. The number of rotatable bonds is 7. The second-order valence-electron chi connectivity index (χ2n) is 6.77. The molecule has 1 aliphatic carbocycles. The Hall–Kier alpha value is -1.66. The fourth-order valence-corrected chi connectivity index (χ4v) is 3.58. The molecule has 1 fully saturated rings. The topological polar surface area (TPSA) is 81.6 Å². The highest BCUT2D eigenvalue weighted by atomic mass is 16.6. The number of aryl methyl sites for hydroxylation is 1. The predicted octanol–water partition coefficient (Wildman–Crippen LogP) is 4.10. The molecule has 1 aliphatic rings. The lowest BCUT2D eigenvalue weighted by Gasteiger charge is -2.46. The van der Waals surface area contributed by atoms with E-state index in [0.717, 1.165) is 50.7 Å². The molecule has 0 heterocycles. The quantitative estimate of drug-likeness (QED) is 0.461. The summed E-state index contributed by atoms with van der Waals surface area (Å²) in [5.41, 5.74) is 1.30. The van der Waals surface area contributed by atoms with E-state index in [1.54, 1.807) is 17.1 Å². The highest BCUT2D eigenvalue weighted by molar-refractivity contribution is 5.65. The van der Waals surface area contributed by atoms with Crippen LogP contribution in [0.5, 0.6) is 0 Å². The Labute approximate surface area is 144 Å². The molecule has 0 radical (unpaired) electrons. The standard InChI is InChI=1S/C18H29N3O3/c1-4-12-24-15-8-10-18(5-2,11-9-15)20(19)17-13-14(3)6-7-16(17)21(22)23/h6-7,13,15H,4-5,8-12,19H2,1-3H3. The van der Waals surface area contributed by atoms with E-state index in [-0.39, 0.29) is 22.3 Å². The molecule has 6 heteroatoms. The molecule has 1 aromatic rings. The average Bonchev–Trinajstić information content (AvgIpc) is 2.59. The largest absolute Gasteiger partial charge is 0.378 e. The summed E-state index contributed by atoms with van der Waals surface area (Å²) in [4.78, 5) is 11.0. The molecule has 1 saturated carbocycles. The van der Waals surface area contributed by atoms with Gasteiger partial charge in [0.15, 0.2) is 0 Å². The zero-order valence-corrected chi connectivity index (χ0v) is 15.0. The SMILES string of the molecule is CCCOC1CCC(CC)(N(N)c2cc(C)ccc2[N+](=O)[O-])CC1. The summed E-state index contributed by atoms with van der Waals surface area (Å²) in [6.45, 7) is 6.93. The second kappa shape index (κ2) is 7.94. The van der Waals surface area contributed by atoms with Crippen molar-refractivity contribution >= 4 is 11.4 Å². The predicted molar refractivity (Wildman–Crippen MR) is 96.0 cm³/mol. The van der Waals surface area contributed by atoms with E-state index in [4.69, 9.17) is 10.6 Å². The van der Waals surface area contributed by atoms with Crippen LogP contribution in [0.1, 0.15) is 57.9 Å². The maximum Gasteiger partial charge on any atom is 0.293 e. The molecule has 2 rings (SSSR count). The van der Waals surface area contributed by atoms with Crippen LogP contribution in [0.15, 0.2) is 18.2 Å². The van der Waals surface area contributed by atoms with Gasteiger partial charge in [-0.3, -0.25) is 15.1 Å². The van der Waals surface area contributed by atoms with Crippen LogP contribution in [0.25, 0.3) is 0 Å². The lowest BCUT2D eigenvalue weighted by Crippen LogP contribution is -2.55. The number of hydrazine groups is 1. The number of anilines is 1. The summed E-state index contributed by atoms with van der Waals surface area (Å²) in [7, 11) is 0. The van der Waals surface area contributed by atoms with Crippen LogP contribution in [0.4, 0.5) is 11.4 Å². The van der Waals surface area contributed by atoms with Crippen molar-refractivity contribution in [2.45, 2.75) is 70.9 Å². The summed E-state index contributed by atoms with van der Waals surface area (Å²) in [5, 5.41) is 13.0. The van der Waals surface area contributed by atoms with Crippen LogP contribution in [-0.4, -0.2) is 23.2 Å². The van der Waals surface area contributed by atoms with E-state index in [9.17, 15) is 10.1 Å². The van der Waals surface area contributed by atoms with Crippen molar-refractivity contribution in [1.29, 1.82) is 0 Å². The zero-order valence-electron chi connectivity index (χ0n) is 15.0. The molecule has 0 atom stereocenters. The fraction of sp³-hybridized carbons (Fsp3) is 0.667. The number of nitrogens with two attached hydrogens (primary N) is 1. The maximum atomic E-state index is 11.4. The van der Waals surface area contributed by atoms with Crippen molar-refractivity contribution in [3.63, 3.8) is 0 Å². The van der Waals surface area contributed by atoms with Gasteiger partial charge >= 0.3 is 0 Å². The molecule has 0 bridgehead atoms. The molecule has 24 heavy (non-hydrogen) atoms. The third-order valence-corrected chi connectivity index (χ3v) is 5.18. The van der Waals surface area contributed by atoms with Crippen LogP contribution < -0.4 is 10.9 Å². The van der Waals surface area contributed by atoms with Crippen LogP contribution in [-0.2, 0) is 4.74 Å². The van der Waals surface area contributed by atoms with E-state index in [1.807, 2.05) is 13.0 Å². The van der Waals surface area contributed by atoms with Gasteiger partial charge in [-0.05, 0) is 57.1 Å². The molecule has 0 aromatic heterocycles. The van der Waals surface area contributed by atoms with Crippen LogP contribution >= 0.6 is 0 Å². The molecule has 6 nitrogen and oxygen atoms in total. The van der Waals surface area contributed by atoms with Gasteiger partial charge in [0.2, 0.25) is 0 Å². The first-order valence-electron chi connectivity index (χ1n) is 8.85. The van der Waals surface area contributed by atoms with Crippen molar-refractivity contribution in [3.8, 4) is 0 Å². The van der Waals surface area contributed by atoms with Crippen molar-refractivity contribution in [2.24, 2.45) is 5.84 Å². The summed E-state index contributed by atoms with van der Waals surface area (Å²) in [6.07, 6.45) is 5.83. The van der Waals surface area contributed by atoms with E-state index in [0.29, 0.717) is 5.69 Å². The van der Waals surface area contributed by atoms with E-state index in [1.165, 1.54) is 0 Å². The van der Waals surface area contributed by atoms with Crippen molar-refractivity contribution in [2.75, 3.05) is 11.6 Å². The Morgan fingerprint density at radius 3 is 2.58 bits per heavy atom. The minimum Gasteiger partial charge on any atom is -0.378 e. The first-order chi connectivity index (χ1) is 11.4. The molecular weight excluding hydrogens is 306 g/mol. The minimum atomic E-state index is -0.353. The van der Waals surface area contributed by atoms with Crippen LogP contribution in [0.3, 0.4) is 0 Å². The monoisotopic (exact) mass is 335 g/mol. The highest BCUT2D eigenvalue weighted by Gasteiger charge is 2.40. The molecule has 2 N–H and O–H groups in total. The number of hydrogen-bond donors (Lipinski definition) is 1. The summed E-state index contributed by atoms with van der Waals surface area (Å²) in [5.74, 6) is 6.46. The van der Waals surface area contributed by atoms with Crippen molar-refractivity contribution < 1.29 is 9.66 Å². The van der Waals surface area contributed by atoms with E-state index >= 15 is 0 Å². The Morgan fingerprint density at radius 2 is 2.04 bits per heavy atom. The first-order valence-corrected chi connectivity index (χ1v) is 8.85. The number of nitro benzene ring substituents is 1. The Morgan fingerprint density at radius 1 is 1.38 bits per heavy atom. The zero-order chi connectivity index (χ0) is 17.7. The molecule has 0 amide bonds. The fourth-order valence-electron chi connectivity index (χ4n) is 3.58. The molecule has 0 unspecified atom stereocenters. The molecule has 0 aliphatic heterocycles. The van der Waals surface area contributed by atoms with E-state index < -0.39 is 0 Å². The molecule has 134 valence electrons. The first kappa shape index (κ1) is 18.7. The lowest BCUT2D eigenvalue weighted by molar-refractivity contribution is -0.384. The summed E-state index contributed by atoms with van der Waals surface area (Å²) in [6, 6.07) is 5.11. The molecule has 0 spiro atoms. The average molecular weight is 335 g/mol. The third kappa shape index (κ3) is 3.87. The van der Waals surface area contributed by atoms with Gasteiger partial charge in [-0.25, -0.2) is 5.84 Å². The highest BCUT2D eigenvalue weighted by Crippen LogP contribution is 2.41. The van der Waals surface area contributed by atoms with Gasteiger partial charge in [0.05, 0.1) is 16.6 Å². The Kier molecular flexibility index (Phi) is 6.18. The van der Waals surface area contributed by atoms with Gasteiger partial charge in [-0.15, -0.1) is 0 Å². The number of hydrogen-bond acceptors (Lipinski definition) is 5. The normalized spacial score (nSPS) is 23.9. The summed E-state index contributed by atoms with van der Waals surface area (Å²) >= 11 is 0. The Balaban J connectivity index is 2.22. The number of ether oxygens (including phenoxy) is 1. The molecule has 1 aromatic carbocycles. The number of nitro groups is 1. The van der Waals surface area contributed by atoms with Crippen molar-refractivity contribution in [3.05, 3.63) is 33.9 Å². The molecular formula is C18H29N3O3. The van der Waals surface area contributed by atoms with Crippen LogP contribution in [0, 0.1) is 17.0 Å². The second-order valence-corrected chi connectivity index (χ2v) is 6.77. The third-order valence-electron chi connectivity index (χ3n) is 5.18. The number of benzene rings is 1. The lowest BCUT2D eigenvalue weighted by atomic mass is 9.77. The smallest absolute Gasteiger partial charge is 0.293 e. The van der Waals surface area contributed by atoms with Gasteiger partial charge in [-0.1, -0.05) is 19.9 Å². The summed E-state index contributed by atoms with van der Waals surface area (Å²) < 4.78 is 5.87. The minimum absolute atomic E-state index is 0.0697. The van der Waals surface area contributed by atoms with Crippen LogP contribution in [0.2, 0.25) is 0 Å². The van der Waals surface area contributed by atoms with E-state index in [2.05, 4.69) is 13.8 Å². The Bertz CT molecular complexity index is 569. The molecule has 0 saturated heterocycles. The van der Waals surface area contributed by atoms with Gasteiger partial charge < -0.3 is 4.74 Å². The van der Waals surface area contributed by atoms with Crippen molar-refractivity contribution in [1.82, 2.24) is 0 Å². The van der Waals surface area contributed by atoms with Gasteiger partial charge in [0.25, 0.3) is 5.69 Å².